The molecule has 0 spiro atoms. The summed E-state index contributed by atoms with van der Waals surface area (Å²) in [6, 6.07) is 4.86. The molecule has 2 aromatic rings. The number of rotatable bonds is 3. The highest BCUT2D eigenvalue weighted by Crippen LogP contribution is 2.21. The third kappa shape index (κ3) is 2.45. The molecule has 5 heteroatoms. The summed E-state index contributed by atoms with van der Waals surface area (Å²) in [5.74, 6) is -0.378. The van der Waals surface area contributed by atoms with Crippen LogP contribution in [0.5, 0.6) is 0 Å². The van der Waals surface area contributed by atoms with Crippen molar-refractivity contribution in [1.29, 1.82) is 0 Å². The third-order valence-electron chi connectivity index (χ3n) is 3.74. The summed E-state index contributed by atoms with van der Waals surface area (Å²) < 4.78 is 15.2. The topological polar surface area (TPSA) is 29.9 Å². The van der Waals surface area contributed by atoms with Gasteiger partial charge in [-0.05, 0) is 24.1 Å². The molecule has 0 radical (unpaired) electrons. The van der Waals surface area contributed by atoms with Crippen LogP contribution in [-0.2, 0) is 25.9 Å². The first-order valence-corrected chi connectivity index (χ1v) is 7.29. The van der Waals surface area contributed by atoms with Crippen LogP contribution in [0.25, 0.3) is 0 Å². The summed E-state index contributed by atoms with van der Waals surface area (Å²) in [6.07, 6.45) is 1.92. The van der Waals surface area contributed by atoms with Crippen molar-refractivity contribution in [1.82, 2.24) is 15.1 Å². The smallest absolute Gasteiger partial charge is 0.141 e. The van der Waals surface area contributed by atoms with Gasteiger partial charge in [0.15, 0.2) is 0 Å². The predicted octanol–water partition coefficient (Wildman–Crippen LogP) is 2.93. The second-order valence-electron chi connectivity index (χ2n) is 5.06. The second kappa shape index (κ2) is 5.54. The first-order chi connectivity index (χ1) is 9.69. The number of hydrogen-bond acceptors (Lipinski definition) is 2. The summed E-state index contributed by atoms with van der Waals surface area (Å²) in [6.45, 7) is 4.63. The molecule has 0 saturated carbocycles. The predicted molar refractivity (Wildman–Crippen MR) is 77.5 cm³/mol. The average Bonchev–Trinajstić information content (AvgIpc) is 2.81. The number of aromatic nitrogens is 2. The summed E-state index contributed by atoms with van der Waals surface area (Å²) in [7, 11) is 0. The first-order valence-electron chi connectivity index (χ1n) is 6.91. The molecule has 3 rings (SSSR count). The van der Waals surface area contributed by atoms with Gasteiger partial charge in [-0.1, -0.05) is 24.6 Å². The number of nitrogens with one attached hydrogen (secondary N) is 1. The van der Waals surface area contributed by atoms with Gasteiger partial charge in [0, 0.05) is 30.8 Å². The molecule has 0 fully saturated rings. The lowest BCUT2D eigenvalue weighted by Gasteiger charge is -2.15. The number of fused-ring (bicyclic) bond motifs is 1. The van der Waals surface area contributed by atoms with Crippen LogP contribution in [0.1, 0.15) is 29.4 Å². The van der Waals surface area contributed by atoms with Crippen LogP contribution in [0.4, 0.5) is 4.39 Å². The van der Waals surface area contributed by atoms with E-state index in [1.54, 1.807) is 12.1 Å². The zero-order valence-electron chi connectivity index (χ0n) is 11.4. The minimum Gasteiger partial charge on any atom is -0.312 e. The quantitative estimate of drug-likeness (QED) is 0.943. The molecule has 0 aliphatic carbocycles. The van der Waals surface area contributed by atoms with Crippen LogP contribution in [-0.4, -0.2) is 16.3 Å². The number of benzene rings is 1. The van der Waals surface area contributed by atoms with Gasteiger partial charge < -0.3 is 5.32 Å². The first kappa shape index (κ1) is 13.6. The largest absolute Gasteiger partial charge is 0.312 e. The normalized spacial score (nSPS) is 14.3. The molecule has 1 aromatic carbocycles. The van der Waals surface area contributed by atoms with E-state index in [0.29, 0.717) is 6.54 Å². The molecule has 1 N–H and O–H groups in total. The van der Waals surface area contributed by atoms with Gasteiger partial charge in [-0.2, -0.15) is 5.10 Å². The van der Waals surface area contributed by atoms with Crippen LogP contribution < -0.4 is 5.32 Å². The van der Waals surface area contributed by atoms with Gasteiger partial charge in [0.05, 0.1) is 17.3 Å². The monoisotopic (exact) mass is 293 g/mol. The van der Waals surface area contributed by atoms with Gasteiger partial charge in [-0.3, -0.25) is 4.68 Å². The van der Waals surface area contributed by atoms with Crippen molar-refractivity contribution in [3.63, 3.8) is 0 Å². The molecule has 0 saturated heterocycles. The SMILES string of the molecule is CCc1nn(Cc2ccc(F)c(Cl)c2)c2c1CNCC2. The van der Waals surface area contributed by atoms with Gasteiger partial charge in [0.1, 0.15) is 5.82 Å². The van der Waals surface area contributed by atoms with Crippen molar-refractivity contribution < 1.29 is 4.39 Å². The van der Waals surface area contributed by atoms with Gasteiger partial charge >= 0.3 is 0 Å². The lowest BCUT2D eigenvalue weighted by molar-refractivity contribution is 0.581. The fourth-order valence-electron chi connectivity index (χ4n) is 2.72. The van der Waals surface area contributed by atoms with Crippen LogP contribution in [0.15, 0.2) is 18.2 Å². The Morgan fingerprint density at radius 2 is 2.30 bits per heavy atom. The molecular formula is C15H17ClFN3. The minimum atomic E-state index is -0.378. The van der Waals surface area contributed by atoms with Gasteiger partial charge in [-0.25, -0.2) is 4.39 Å². The number of halogens is 2. The fraction of sp³-hybridized carbons (Fsp3) is 0.400. The Kier molecular flexibility index (Phi) is 3.76. The molecular weight excluding hydrogens is 277 g/mol. The Bertz CT molecular complexity index is 636. The molecule has 3 nitrogen and oxygen atoms in total. The molecule has 1 aliphatic rings. The highest BCUT2D eigenvalue weighted by Gasteiger charge is 2.19. The summed E-state index contributed by atoms with van der Waals surface area (Å²) in [5.41, 5.74) is 4.75. The lowest BCUT2D eigenvalue weighted by Crippen LogP contribution is -2.25. The van der Waals surface area contributed by atoms with E-state index in [2.05, 4.69) is 12.2 Å². The molecule has 2 heterocycles. The number of aryl methyl sites for hydroxylation is 1. The van der Waals surface area contributed by atoms with E-state index < -0.39 is 0 Å². The van der Waals surface area contributed by atoms with E-state index in [0.717, 1.165) is 37.2 Å². The highest BCUT2D eigenvalue weighted by atomic mass is 35.5. The van der Waals surface area contributed by atoms with Gasteiger partial charge in [0.25, 0.3) is 0 Å². The molecule has 0 bridgehead atoms. The van der Waals surface area contributed by atoms with Crippen LogP contribution >= 0.6 is 11.6 Å². The minimum absolute atomic E-state index is 0.168. The third-order valence-corrected chi connectivity index (χ3v) is 4.03. The Labute approximate surface area is 122 Å². The Hall–Kier alpha value is -1.39. The Morgan fingerprint density at radius 3 is 3.05 bits per heavy atom. The maximum atomic E-state index is 13.2. The Balaban J connectivity index is 1.94. The van der Waals surface area contributed by atoms with Crippen molar-refractivity contribution in [2.24, 2.45) is 0 Å². The molecule has 0 unspecified atom stereocenters. The van der Waals surface area contributed by atoms with Crippen LogP contribution in [0.3, 0.4) is 0 Å². The van der Waals surface area contributed by atoms with E-state index in [-0.39, 0.29) is 10.8 Å². The summed E-state index contributed by atoms with van der Waals surface area (Å²) in [5, 5.41) is 8.25. The number of nitrogens with zero attached hydrogens (tertiary/aromatic N) is 2. The van der Waals surface area contributed by atoms with Crippen molar-refractivity contribution in [3.8, 4) is 0 Å². The van der Waals surface area contributed by atoms with Gasteiger partial charge in [-0.15, -0.1) is 0 Å². The maximum absolute atomic E-state index is 13.2. The number of hydrogen-bond donors (Lipinski definition) is 1. The standard InChI is InChI=1S/C15H17ClFN3/c1-2-14-11-8-18-6-5-15(11)20(19-14)9-10-3-4-13(17)12(16)7-10/h3-4,7,18H,2,5-6,8-9H2,1H3. The molecule has 20 heavy (non-hydrogen) atoms. The zero-order chi connectivity index (χ0) is 14.1. The molecule has 1 aromatic heterocycles. The highest BCUT2D eigenvalue weighted by molar-refractivity contribution is 6.30. The van der Waals surface area contributed by atoms with Crippen molar-refractivity contribution >= 4 is 11.6 Å². The summed E-state index contributed by atoms with van der Waals surface area (Å²) >= 11 is 5.84. The fourth-order valence-corrected chi connectivity index (χ4v) is 2.92. The molecule has 0 atom stereocenters. The lowest BCUT2D eigenvalue weighted by atomic mass is 10.1. The van der Waals surface area contributed by atoms with Crippen LogP contribution in [0, 0.1) is 5.82 Å². The summed E-state index contributed by atoms with van der Waals surface area (Å²) in [4.78, 5) is 0. The zero-order valence-corrected chi connectivity index (χ0v) is 12.2. The van der Waals surface area contributed by atoms with Crippen molar-refractivity contribution in [3.05, 3.63) is 51.6 Å². The molecule has 106 valence electrons. The Morgan fingerprint density at radius 1 is 1.45 bits per heavy atom. The van der Waals surface area contributed by atoms with Crippen LogP contribution in [0.2, 0.25) is 5.02 Å². The van der Waals surface area contributed by atoms with Crippen molar-refractivity contribution in [2.75, 3.05) is 6.54 Å². The van der Waals surface area contributed by atoms with E-state index in [9.17, 15) is 4.39 Å². The molecule has 0 amide bonds. The van der Waals surface area contributed by atoms with E-state index in [1.807, 2.05) is 4.68 Å². The second-order valence-corrected chi connectivity index (χ2v) is 5.47. The van der Waals surface area contributed by atoms with Crippen molar-refractivity contribution in [2.45, 2.75) is 32.9 Å². The van der Waals surface area contributed by atoms with E-state index in [1.165, 1.54) is 17.3 Å². The average molecular weight is 294 g/mol. The van der Waals surface area contributed by atoms with E-state index in [4.69, 9.17) is 16.7 Å². The van der Waals surface area contributed by atoms with E-state index >= 15 is 0 Å². The van der Waals surface area contributed by atoms with Gasteiger partial charge in [0.2, 0.25) is 0 Å². The maximum Gasteiger partial charge on any atom is 0.141 e. The molecule has 1 aliphatic heterocycles.